The minimum atomic E-state index is -0.792. The first-order valence-corrected chi connectivity index (χ1v) is 29.2. The Balaban J connectivity index is 4.34. The second-order valence-corrected chi connectivity index (χ2v) is 19.2. The average molecular weight is 974 g/mol. The molecule has 0 aromatic carbocycles. The maximum atomic E-state index is 12.8. The van der Waals surface area contributed by atoms with Crippen LogP contribution in [0.2, 0.25) is 0 Å². The van der Waals surface area contributed by atoms with E-state index < -0.39 is 6.10 Å². The minimum Gasteiger partial charge on any atom is -0.462 e. The van der Waals surface area contributed by atoms with Crippen LogP contribution in [0.3, 0.4) is 0 Å². The first kappa shape index (κ1) is 66.3. The van der Waals surface area contributed by atoms with Crippen LogP contribution in [0.5, 0.6) is 0 Å². The second kappa shape index (κ2) is 57.9. The summed E-state index contributed by atoms with van der Waals surface area (Å²) >= 11 is 0. The monoisotopic (exact) mass is 973 g/mol. The summed E-state index contributed by atoms with van der Waals surface area (Å²) in [6, 6.07) is 0. The summed E-state index contributed by atoms with van der Waals surface area (Å²) in [7, 11) is 0. The maximum absolute atomic E-state index is 12.8. The van der Waals surface area contributed by atoms with Crippen LogP contribution in [-0.4, -0.2) is 37.2 Å². The maximum Gasteiger partial charge on any atom is 0.306 e. The van der Waals surface area contributed by atoms with Gasteiger partial charge in [-0.1, -0.05) is 266 Å². The smallest absolute Gasteiger partial charge is 0.306 e. The number of hydrogen-bond donors (Lipinski definition) is 0. The third kappa shape index (κ3) is 55.3. The molecule has 0 aliphatic rings. The molecule has 0 aliphatic heterocycles. The Kier molecular flexibility index (Phi) is 54.9. The quantitative estimate of drug-likeness (QED) is 0.0262. The molecule has 6 nitrogen and oxygen atoms in total. The van der Waals surface area contributed by atoms with Crippen molar-refractivity contribution in [2.75, 3.05) is 13.2 Å². The number of unbranched alkanes of at least 4 members (excludes halogenated alkanes) is 25. The second-order valence-electron chi connectivity index (χ2n) is 19.2. The van der Waals surface area contributed by atoms with E-state index in [-0.39, 0.29) is 31.1 Å². The van der Waals surface area contributed by atoms with Crippen LogP contribution in [-0.2, 0) is 28.6 Å². The van der Waals surface area contributed by atoms with Crippen LogP contribution >= 0.6 is 0 Å². The van der Waals surface area contributed by atoms with Crippen molar-refractivity contribution in [3.63, 3.8) is 0 Å². The summed E-state index contributed by atoms with van der Waals surface area (Å²) in [5.74, 6) is -0.931. The Morgan fingerprint density at radius 2 is 0.557 bits per heavy atom. The van der Waals surface area contributed by atoms with E-state index in [0.717, 1.165) is 109 Å². The highest BCUT2D eigenvalue weighted by Crippen LogP contribution is 2.16. The van der Waals surface area contributed by atoms with Gasteiger partial charge in [-0.05, 0) is 83.5 Å². The highest BCUT2D eigenvalue weighted by Gasteiger charge is 2.19. The predicted octanol–water partition coefficient (Wildman–Crippen LogP) is 19.7. The molecule has 6 heteroatoms. The first-order chi connectivity index (χ1) is 34.5. The Morgan fingerprint density at radius 1 is 0.300 bits per heavy atom. The van der Waals surface area contributed by atoms with Crippen molar-refractivity contribution >= 4 is 17.9 Å². The number of esters is 3. The molecule has 1 atom stereocenters. The Labute approximate surface area is 432 Å². The number of carbonyl (C=O) groups is 3. The largest absolute Gasteiger partial charge is 0.462 e. The lowest BCUT2D eigenvalue weighted by molar-refractivity contribution is -0.167. The van der Waals surface area contributed by atoms with Gasteiger partial charge in [-0.2, -0.15) is 0 Å². The van der Waals surface area contributed by atoms with Crippen LogP contribution in [0.25, 0.3) is 0 Å². The highest BCUT2D eigenvalue weighted by atomic mass is 16.6. The minimum absolute atomic E-state index is 0.0884. The lowest BCUT2D eigenvalue weighted by Gasteiger charge is -2.18. The topological polar surface area (TPSA) is 78.9 Å². The third-order valence-electron chi connectivity index (χ3n) is 12.4. The lowest BCUT2D eigenvalue weighted by atomic mass is 10.0. The van der Waals surface area contributed by atoms with Crippen LogP contribution < -0.4 is 0 Å². The molecule has 0 aliphatic carbocycles. The van der Waals surface area contributed by atoms with E-state index in [4.69, 9.17) is 14.2 Å². The van der Waals surface area contributed by atoms with Gasteiger partial charge in [-0.15, -0.1) is 0 Å². The fraction of sp³-hybridized carbons (Fsp3) is 0.703. The van der Waals surface area contributed by atoms with Crippen molar-refractivity contribution in [1.82, 2.24) is 0 Å². The van der Waals surface area contributed by atoms with E-state index in [1.54, 1.807) is 0 Å². The summed E-state index contributed by atoms with van der Waals surface area (Å²) in [6.07, 6.45) is 77.0. The van der Waals surface area contributed by atoms with E-state index in [1.807, 2.05) is 0 Å². The molecule has 0 rings (SSSR count). The van der Waals surface area contributed by atoms with Crippen LogP contribution in [0.15, 0.2) is 97.2 Å². The summed E-state index contributed by atoms with van der Waals surface area (Å²) in [4.78, 5) is 38.0. The normalized spacial score (nSPS) is 12.8. The van der Waals surface area contributed by atoms with Gasteiger partial charge in [0, 0.05) is 19.3 Å². The van der Waals surface area contributed by atoms with Gasteiger partial charge in [-0.25, -0.2) is 0 Å². The fourth-order valence-corrected chi connectivity index (χ4v) is 7.99. The average Bonchev–Trinajstić information content (AvgIpc) is 3.36. The van der Waals surface area contributed by atoms with Gasteiger partial charge >= 0.3 is 17.9 Å². The Morgan fingerprint density at radius 3 is 0.871 bits per heavy atom. The summed E-state index contributed by atoms with van der Waals surface area (Å²) in [5, 5.41) is 0. The van der Waals surface area contributed by atoms with Gasteiger partial charge in [0.15, 0.2) is 6.10 Å². The molecule has 0 heterocycles. The van der Waals surface area contributed by atoms with Gasteiger partial charge in [0.05, 0.1) is 0 Å². The van der Waals surface area contributed by atoms with Gasteiger partial charge in [-0.3, -0.25) is 14.4 Å². The van der Waals surface area contributed by atoms with Gasteiger partial charge in [0.2, 0.25) is 0 Å². The molecule has 0 saturated carbocycles. The highest BCUT2D eigenvalue weighted by molar-refractivity contribution is 5.71. The molecule has 1 unspecified atom stereocenters. The molecular formula is C64H108O6. The van der Waals surface area contributed by atoms with E-state index in [0.29, 0.717) is 19.3 Å². The van der Waals surface area contributed by atoms with Crippen LogP contribution in [0.4, 0.5) is 0 Å². The lowest BCUT2D eigenvalue weighted by Crippen LogP contribution is -2.30. The zero-order valence-electron chi connectivity index (χ0n) is 45.8. The Hall–Kier alpha value is -3.67. The SMILES string of the molecule is CC/C=C\C/C=C\C/C=C\C/C=C\C/C=C\C/C=C\C/C=C\C/C=C\CCCCC(=O)OCC(COC(=O)CCCCCCCCCCC)OC(=O)CCCCCCCCCCCCCCCCCC. The van der Waals surface area contributed by atoms with E-state index in [9.17, 15) is 14.4 Å². The predicted molar refractivity (Wildman–Crippen MR) is 302 cm³/mol. The van der Waals surface area contributed by atoms with Gasteiger partial charge in [0.25, 0.3) is 0 Å². The molecule has 70 heavy (non-hydrogen) atoms. The number of rotatable bonds is 52. The molecule has 0 radical (unpaired) electrons. The van der Waals surface area contributed by atoms with Crippen molar-refractivity contribution in [3.05, 3.63) is 97.2 Å². The third-order valence-corrected chi connectivity index (χ3v) is 12.4. The zero-order valence-corrected chi connectivity index (χ0v) is 45.8. The van der Waals surface area contributed by atoms with Crippen LogP contribution in [0, 0.1) is 0 Å². The molecule has 400 valence electrons. The van der Waals surface area contributed by atoms with Gasteiger partial charge < -0.3 is 14.2 Å². The molecule has 0 saturated heterocycles. The summed E-state index contributed by atoms with van der Waals surface area (Å²) < 4.78 is 16.8. The Bertz CT molecular complexity index is 1400. The number of hydrogen-bond acceptors (Lipinski definition) is 6. The molecular weight excluding hydrogens is 865 g/mol. The number of carbonyl (C=O) groups excluding carboxylic acids is 3. The summed E-state index contributed by atoms with van der Waals surface area (Å²) in [6.45, 7) is 6.48. The zero-order chi connectivity index (χ0) is 50.7. The van der Waals surface area contributed by atoms with Crippen molar-refractivity contribution in [3.8, 4) is 0 Å². The van der Waals surface area contributed by atoms with E-state index >= 15 is 0 Å². The van der Waals surface area contributed by atoms with E-state index in [1.165, 1.54) is 122 Å². The molecule has 0 spiro atoms. The number of ether oxygens (including phenoxy) is 3. The van der Waals surface area contributed by atoms with E-state index in [2.05, 4.69) is 118 Å². The molecule has 0 bridgehead atoms. The van der Waals surface area contributed by atoms with Gasteiger partial charge in [0.1, 0.15) is 13.2 Å². The van der Waals surface area contributed by atoms with Crippen molar-refractivity contribution in [2.45, 2.75) is 277 Å². The number of allylic oxidation sites excluding steroid dienone is 16. The van der Waals surface area contributed by atoms with Crippen molar-refractivity contribution in [2.24, 2.45) is 0 Å². The molecule has 0 N–H and O–H groups in total. The van der Waals surface area contributed by atoms with Crippen molar-refractivity contribution < 1.29 is 28.6 Å². The summed E-state index contributed by atoms with van der Waals surface area (Å²) in [5.41, 5.74) is 0. The molecule has 0 fully saturated rings. The first-order valence-electron chi connectivity index (χ1n) is 29.2. The standard InChI is InChI=1S/C64H108O6/c1-4-7-10-13-16-19-21-23-25-27-28-29-30-31-32-33-34-35-36-37-39-40-42-45-48-51-54-57-63(66)69-60-61(59-68-62(65)56-53-50-47-44-18-15-12-9-6-3)70-64(67)58-55-52-49-46-43-41-38-26-24-22-20-17-14-11-8-5-2/h7,10,16,19,23,25,28-29,31-32,34-35,37,39,42,45,61H,4-6,8-9,11-15,17-18,20-22,24,26-27,30,33,36,38,40-41,43-44,46-60H2,1-3H3/b10-7-,19-16-,25-23-,29-28-,32-31-,35-34-,39-37-,45-42-. The fourth-order valence-electron chi connectivity index (χ4n) is 7.99. The van der Waals surface area contributed by atoms with Crippen LogP contribution in [0.1, 0.15) is 271 Å². The molecule has 0 aromatic heterocycles. The van der Waals surface area contributed by atoms with Crippen molar-refractivity contribution in [1.29, 1.82) is 0 Å². The molecule has 0 amide bonds. The molecule has 0 aromatic rings.